The first kappa shape index (κ1) is 8.02. The molecule has 0 heterocycles. The normalized spacial score (nSPS) is 12.5. The third-order valence-electron chi connectivity index (χ3n) is 1.69. The van der Waals surface area contributed by atoms with Crippen molar-refractivity contribution in [3.63, 3.8) is 0 Å². The van der Waals surface area contributed by atoms with Crippen LogP contribution in [0.4, 0.5) is 0 Å². The molecule has 1 aromatic carbocycles. The maximum absolute atomic E-state index is 5.84. The predicted molar refractivity (Wildman–Crippen MR) is 48.2 cm³/mol. The molecule has 0 radical (unpaired) electrons. The lowest BCUT2D eigenvalue weighted by Gasteiger charge is -2.10. The zero-order valence-corrected chi connectivity index (χ0v) is 6.75. The second-order valence-corrected chi connectivity index (χ2v) is 2.73. The van der Waals surface area contributed by atoms with E-state index in [1.807, 2.05) is 37.3 Å². The van der Waals surface area contributed by atoms with E-state index in [0.29, 0.717) is 0 Å². The molecule has 0 fully saturated rings. The van der Waals surface area contributed by atoms with Crippen LogP contribution in [0.15, 0.2) is 42.5 Å². The van der Waals surface area contributed by atoms with Crippen molar-refractivity contribution >= 4 is 0 Å². The Hall–Kier alpha value is -1.08. The molecule has 1 nitrogen and oxygen atoms in total. The highest BCUT2D eigenvalue weighted by Gasteiger charge is 2.03. The molecule has 1 aromatic rings. The highest BCUT2D eigenvalue weighted by molar-refractivity contribution is 5.24. The Bertz CT molecular complexity index is 238. The molecule has 11 heavy (non-hydrogen) atoms. The van der Waals surface area contributed by atoms with Crippen molar-refractivity contribution in [2.75, 3.05) is 0 Å². The molecule has 0 bridgehead atoms. The van der Waals surface area contributed by atoms with Crippen LogP contribution in [0.3, 0.4) is 0 Å². The lowest BCUT2D eigenvalue weighted by atomic mass is 10.0. The van der Waals surface area contributed by atoms with Crippen LogP contribution in [0.1, 0.15) is 18.5 Å². The largest absolute Gasteiger partial charge is 0.321 e. The van der Waals surface area contributed by atoms with E-state index in [4.69, 9.17) is 5.73 Å². The third-order valence-corrected chi connectivity index (χ3v) is 1.69. The summed E-state index contributed by atoms with van der Waals surface area (Å²) in [6, 6.07) is 9.96. The minimum atomic E-state index is -0.0174. The second-order valence-electron chi connectivity index (χ2n) is 2.73. The second kappa shape index (κ2) is 3.35. The van der Waals surface area contributed by atoms with Crippen LogP contribution in [-0.4, -0.2) is 0 Å². The molecule has 0 aliphatic heterocycles. The fraction of sp³-hybridized carbons (Fsp3) is 0.200. The standard InChI is InChI=1S/C10H13N/c1-8(2)10(11)9-6-4-3-5-7-9/h3-7,10H,1,11H2,2H3/t10-/m0/s1. The van der Waals surface area contributed by atoms with E-state index in [9.17, 15) is 0 Å². The molecule has 0 aromatic heterocycles. The smallest absolute Gasteiger partial charge is 0.0505 e. The molecule has 1 heteroatoms. The Kier molecular flexibility index (Phi) is 2.44. The monoisotopic (exact) mass is 147 g/mol. The van der Waals surface area contributed by atoms with Gasteiger partial charge < -0.3 is 5.73 Å². The first-order valence-corrected chi connectivity index (χ1v) is 3.67. The Morgan fingerprint density at radius 1 is 1.36 bits per heavy atom. The minimum Gasteiger partial charge on any atom is -0.321 e. The summed E-state index contributed by atoms with van der Waals surface area (Å²) in [5.74, 6) is 0. The van der Waals surface area contributed by atoms with Crippen LogP contribution in [-0.2, 0) is 0 Å². The van der Waals surface area contributed by atoms with Crippen molar-refractivity contribution in [2.24, 2.45) is 5.73 Å². The fourth-order valence-corrected chi connectivity index (χ4v) is 0.945. The average Bonchev–Trinajstić information content (AvgIpc) is 2.05. The molecule has 0 saturated carbocycles. The Labute approximate surface area is 67.5 Å². The van der Waals surface area contributed by atoms with E-state index in [1.54, 1.807) is 0 Å². The maximum Gasteiger partial charge on any atom is 0.0505 e. The van der Waals surface area contributed by atoms with Gasteiger partial charge in [-0.25, -0.2) is 0 Å². The van der Waals surface area contributed by atoms with Crippen molar-refractivity contribution in [3.05, 3.63) is 48.0 Å². The quantitative estimate of drug-likeness (QED) is 0.638. The van der Waals surface area contributed by atoms with Gasteiger partial charge in [-0.05, 0) is 12.5 Å². The molecule has 0 unspecified atom stereocenters. The third kappa shape index (κ3) is 1.92. The van der Waals surface area contributed by atoms with Crippen molar-refractivity contribution in [3.8, 4) is 0 Å². The summed E-state index contributed by atoms with van der Waals surface area (Å²) >= 11 is 0. The van der Waals surface area contributed by atoms with Gasteiger partial charge in [0.05, 0.1) is 6.04 Å². The zero-order valence-electron chi connectivity index (χ0n) is 6.75. The molecule has 0 aliphatic rings. The van der Waals surface area contributed by atoms with Crippen LogP contribution in [0.25, 0.3) is 0 Å². The first-order chi connectivity index (χ1) is 5.22. The van der Waals surface area contributed by atoms with Gasteiger partial charge in [0.15, 0.2) is 0 Å². The molecule has 58 valence electrons. The molecule has 1 rings (SSSR count). The molecule has 0 amide bonds. The van der Waals surface area contributed by atoms with E-state index in [1.165, 1.54) is 0 Å². The highest BCUT2D eigenvalue weighted by atomic mass is 14.6. The molecule has 2 N–H and O–H groups in total. The number of hydrogen-bond acceptors (Lipinski definition) is 1. The van der Waals surface area contributed by atoms with E-state index >= 15 is 0 Å². The number of benzene rings is 1. The molecular weight excluding hydrogens is 134 g/mol. The lowest BCUT2D eigenvalue weighted by Crippen LogP contribution is -2.10. The molecular formula is C10H13N. The Morgan fingerprint density at radius 3 is 2.36 bits per heavy atom. The van der Waals surface area contributed by atoms with Crippen molar-refractivity contribution in [1.29, 1.82) is 0 Å². The maximum atomic E-state index is 5.84. The molecule has 0 aliphatic carbocycles. The van der Waals surface area contributed by atoms with Gasteiger partial charge in [0.1, 0.15) is 0 Å². The summed E-state index contributed by atoms with van der Waals surface area (Å²) in [5, 5.41) is 0. The van der Waals surface area contributed by atoms with E-state index in [-0.39, 0.29) is 6.04 Å². The van der Waals surface area contributed by atoms with Gasteiger partial charge in [0.2, 0.25) is 0 Å². The number of hydrogen-bond donors (Lipinski definition) is 1. The van der Waals surface area contributed by atoms with Crippen LogP contribution >= 0.6 is 0 Å². The van der Waals surface area contributed by atoms with Gasteiger partial charge in [0.25, 0.3) is 0 Å². The van der Waals surface area contributed by atoms with Gasteiger partial charge in [-0.3, -0.25) is 0 Å². The number of nitrogens with two attached hydrogens (primary N) is 1. The Balaban J connectivity index is 2.85. The minimum absolute atomic E-state index is 0.0174. The van der Waals surface area contributed by atoms with E-state index in [2.05, 4.69) is 6.58 Å². The van der Waals surface area contributed by atoms with Crippen molar-refractivity contribution < 1.29 is 0 Å². The van der Waals surface area contributed by atoms with Crippen LogP contribution in [0.2, 0.25) is 0 Å². The Morgan fingerprint density at radius 2 is 1.91 bits per heavy atom. The predicted octanol–water partition coefficient (Wildman–Crippen LogP) is 2.26. The topological polar surface area (TPSA) is 26.0 Å². The molecule has 1 atom stereocenters. The highest BCUT2D eigenvalue weighted by Crippen LogP contribution is 2.15. The SMILES string of the molecule is C=C(C)[C@H](N)c1ccccc1. The van der Waals surface area contributed by atoms with Crippen LogP contribution in [0, 0.1) is 0 Å². The molecule has 0 saturated heterocycles. The summed E-state index contributed by atoms with van der Waals surface area (Å²) in [4.78, 5) is 0. The molecule has 0 spiro atoms. The summed E-state index contributed by atoms with van der Waals surface area (Å²) in [6.45, 7) is 5.75. The zero-order chi connectivity index (χ0) is 8.27. The van der Waals surface area contributed by atoms with E-state index in [0.717, 1.165) is 11.1 Å². The average molecular weight is 147 g/mol. The van der Waals surface area contributed by atoms with Gasteiger partial charge in [-0.1, -0.05) is 42.5 Å². The number of rotatable bonds is 2. The van der Waals surface area contributed by atoms with Gasteiger partial charge in [0, 0.05) is 0 Å². The summed E-state index contributed by atoms with van der Waals surface area (Å²) in [7, 11) is 0. The van der Waals surface area contributed by atoms with Crippen molar-refractivity contribution in [2.45, 2.75) is 13.0 Å². The first-order valence-electron chi connectivity index (χ1n) is 3.67. The lowest BCUT2D eigenvalue weighted by molar-refractivity contribution is 0.851. The summed E-state index contributed by atoms with van der Waals surface area (Å²) < 4.78 is 0. The van der Waals surface area contributed by atoms with Crippen LogP contribution in [0.5, 0.6) is 0 Å². The summed E-state index contributed by atoms with van der Waals surface area (Å²) in [6.07, 6.45) is 0. The fourth-order valence-electron chi connectivity index (χ4n) is 0.945. The van der Waals surface area contributed by atoms with Gasteiger partial charge in [-0.2, -0.15) is 0 Å². The van der Waals surface area contributed by atoms with Crippen molar-refractivity contribution in [1.82, 2.24) is 0 Å². The van der Waals surface area contributed by atoms with Crippen LogP contribution < -0.4 is 5.73 Å². The van der Waals surface area contributed by atoms with E-state index < -0.39 is 0 Å². The summed E-state index contributed by atoms with van der Waals surface area (Å²) in [5.41, 5.74) is 7.96. The van der Waals surface area contributed by atoms with Gasteiger partial charge in [-0.15, -0.1) is 0 Å². The van der Waals surface area contributed by atoms with Gasteiger partial charge >= 0.3 is 0 Å².